The first-order valence-corrected chi connectivity index (χ1v) is 12.2. The molecule has 1 aliphatic carbocycles. The smallest absolute Gasteiger partial charge is 0.505 e. The highest BCUT2D eigenvalue weighted by Gasteiger charge is 2.31. The number of aromatic hydroxyl groups is 1. The highest BCUT2D eigenvalue weighted by atomic mass is 35.5. The van der Waals surface area contributed by atoms with Crippen LogP contribution in [0, 0.1) is 0 Å². The van der Waals surface area contributed by atoms with Gasteiger partial charge in [0.1, 0.15) is 11.5 Å². The largest absolute Gasteiger partial charge is 0.573 e. The number of anilines is 1. The van der Waals surface area contributed by atoms with Gasteiger partial charge in [0.15, 0.2) is 5.69 Å². The summed E-state index contributed by atoms with van der Waals surface area (Å²) in [6.07, 6.45) is -3.80. The minimum absolute atomic E-state index is 0.103. The lowest BCUT2D eigenvalue weighted by Crippen LogP contribution is -2.37. The summed E-state index contributed by atoms with van der Waals surface area (Å²) < 4.78 is 42.6. The molecule has 0 unspecified atom stereocenters. The third-order valence-corrected chi connectivity index (χ3v) is 6.59. The van der Waals surface area contributed by atoms with E-state index in [-0.39, 0.29) is 23.5 Å². The summed E-state index contributed by atoms with van der Waals surface area (Å²) in [5.74, 6) is -2.19. The SMILES string of the molecule is O=C(O)C[C@H](NC(=O)Nc1c(O)c2c(n(Cc3ccccc3Cl)c1=O)CCC2)c1ccc(OC(F)(F)F)cc1. The summed E-state index contributed by atoms with van der Waals surface area (Å²) in [6.45, 7) is 0.103. The van der Waals surface area contributed by atoms with Crippen molar-refractivity contribution in [2.75, 3.05) is 5.32 Å². The Bertz CT molecular complexity index is 1460. The molecule has 0 radical (unpaired) electrons. The number of hydrogen-bond acceptors (Lipinski definition) is 5. The van der Waals surface area contributed by atoms with Crippen LogP contribution >= 0.6 is 11.6 Å². The predicted octanol–water partition coefficient (Wildman–Crippen LogP) is 4.98. The molecule has 2 aromatic carbocycles. The summed E-state index contributed by atoms with van der Waals surface area (Å²) in [6, 6.07) is 9.10. The summed E-state index contributed by atoms with van der Waals surface area (Å²) in [7, 11) is 0. The molecule has 9 nitrogen and oxygen atoms in total. The zero-order valence-corrected chi connectivity index (χ0v) is 21.0. The van der Waals surface area contributed by atoms with Crippen molar-refractivity contribution in [2.24, 2.45) is 0 Å². The fraction of sp³-hybridized carbons (Fsp3) is 0.269. The van der Waals surface area contributed by atoms with Crippen LogP contribution in [0.15, 0.2) is 53.3 Å². The maximum absolute atomic E-state index is 13.4. The van der Waals surface area contributed by atoms with E-state index in [0.29, 0.717) is 41.1 Å². The molecule has 4 rings (SSSR count). The van der Waals surface area contributed by atoms with E-state index in [1.165, 1.54) is 16.7 Å². The Morgan fingerprint density at radius 1 is 1.10 bits per heavy atom. The van der Waals surface area contributed by atoms with Crippen molar-refractivity contribution in [3.8, 4) is 11.5 Å². The van der Waals surface area contributed by atoms with Crippen LogP contribution in [0.2, 0.25) is 5.02 Å². The number of carbonyl (C=O) groups is 2. The van der Waals surface area contributed by atoms with Gasteiger partial charge in [-0.2, -0.15) is 0 Å². The summed E-state index contributed by atoms with van der Waals surface area (Å²) in [5.41, 5.74) is 0.926. The topological polar surface area (TPSA) is 130 Å². The van der Waals surface area contributed by atoms with Crippen LogP contribution in [0.1, 0.15) is 41.3 Å². The number of rotatable bonds is 8. The van der Waals surface area contributed by atoms with Crippen LogP contribution in [0.25, 0.3) is 0 Å². The number of halogens is 4. The van der Waals surface area contributed by atoms with Crippen molar-refractivity contribution >= 4 is 29.3 Å². The monoisotopic (exact) mass is 565 g/mol. The third kappa shape index (κ3) is 6.63. The van der Waals surface area contributed by atoms with Crippen molar-refractivity contribution in [1.82, 2.24) is 9.88 Å². The molecular formula is C26H23ClF3N3O6. The van der Waals surface area contributed by atoms with Gasteiger partial charge in [-0.1, -0.05) is 41.9 Å². The van der Waals surface area contributed by atoms with E-state index < -0.39 is 42.1 Å². The Morgan fingerprint density at radius 3 is 2.44 bits per heavy atom. The lowest BCUT2D eigenvalue weighted by atomic mass is 10.0. The molecule has 4 N–H and O–H groups in total. The molecule has 206 valence electrons. The van der Waals surface area contributed by atoms with Crippen molar-refractivity contribution in [2.45, 2.75) is 44.6 Å². The van der Waals surface area contributed by atoms with Crippen LogP contribution in [0.5, 0.6) is 11.5 Å². The van der Waals surface area contributed by atoms with Crippen LogP contribution in [-0.2, 0) is 24.2 Å². The number of aromatic nitrogens is 1. The second-order valence-electron chi connectivity index (χ2n) is 8.85. The molecule has 0 fully saturated rings. The van der Waals surface area contributed by atoms with Gasteiger partial charge in [0.2, 0.25) is 0 Å². The van der Waals surface area contributed by atoms with Gasteiger partial charge in [-0.05, 0) is 48.6 Å². The Kier molecular flexibility index (Phi) is 8.05. The minimum atomic E-state index is -4.91. The summed E-state index contributed by atoms with van der Waals surface area (Å²) in [4.78, 5) is 37.7. The van der Waals surface area contributed by atoms with Crippen molar-refractivity contribution in [3.05, 3.63) is 86.3 Å². The third-order valence-electron chi connectivity index (χ3n) is 6.22. The van der Waals surface area contributed by atoms with E-state index in [1.807, 2.05) is 0 Å². The maximum Gasteiger partial charge on any atom is 0.573 e. The number of pyridine rings is 1. The van der Waals surface area contributed by atoms with Gasteiger partial charge in [0.05, 0.1) is 19.0 Å². The number of ether oxygens (including phenoxy) is 1. The van der Waals surface area contributed by atoms with E-state index >= 15 is 0 Å². The number of carboxylic acid groups (broad SMARTS) is 1. The second-order valence-corrected chi connectivity index (χ2v) is 9.26. The molecule has 3 aromatic rings. The number of benzene rings is 2. The number of aliphatic carboxylic acids is 1. The zero-order chi connectivity index (χ0) is 28.3. The molecule has 1 aliphatic rings. The first-order chi connectivity index (χ1) is 18.4. The van der Waals surface area contributed by atoms with Crippen LogP contribution in [-0.4, -0.2) is 33.1 Å². The molecule has 39 heavy (non-hydrogen) atoms. The van der Waals surface area contributed by atoms with Gasteiger partial charge in [-0.15, -0.1) is 13.2 Å². The van der Waals surface area contributed by atoms with Crippen LogP contribution in [0.3, 0.4) is 0 Å². The Morgan fingerprint density at radius 2 is 1.79 bits per heavy atom. The molecule has 0 saturated carbocycles. The Hall–Kier alpha value is -4.19. The first-order valence-electron chi connectivity index (χ1n) is 11.8. The highest BCUT2D eigenvalue weighted by Crippen LogP contribution is 2.34. The van der Waals surface area contributed by atoms with Crippen molar-refractivity contribution < 1.29 is 37.7 Å². The molecule has 13 heteroatoms. The zero-order valence-electron chi connectivity index (χ0n) is 20.2. The normalized spacial score (nSPS) is 13.4. The van der Waals surface area contributed by atoms with E-state index in [2.05, 4.69) is 15.4 Å². The number of fused-ring (bicyclic) bond motifs is 1. The Labute approximate surface area is 224 Å². The van der Waals surface area contributed by atoms with Gasteiger partial charge in [-0.25, -0.2) is 4.79 Å². The second kappa shape index (κ2) is 11.3. The predicted molar refractivity (Wildman–Crippen MR) is 135 cm³/mol. The lowest BCUT2D eigenvalue weighted by molar-refractivity contribution is -0.274. The molecule has 0 bridgehead atoms. The summed E-state index contributed by atoms with van der Waals surface area (Å²) in [5, 5.41) is 25.3. The first kappa shape index (κ1) is 27.8. The number of nitrogens with one attached hydrogen (secondary N) is 2. The van der Waals surface area contributed by atoms with Gasteiger partial charge >= 0.3 is 18.4 Å². The fourth-order valence-corrected chi connectivity index (χ4v) is 4.70. The molecule has 1 heterocycles. The van der Waals surface area contributed by atoms with Crippen LogP contribution in [0.4, 0.5) is 23.7 Å². The lowest BCUT2D eigenvalue weighted by Gasteiger charge is -2.20. The van der Waals surface area contributed by atoms with E-state index in [0.717, 1.165) is 12.1 Å². The maximum atomic E-state index is 13.4. The number of hydrogen-bond donors (Lipinski definition) is 4. The number of urea groups is 1. The average molecular weight is 566 g/mol. The van der Waals surface area contributed by atoms with Crippen LogP contribution < -0.4 is 20.9 Å². The molecule has 1 atom stereocenters. The molecule has 1 aromatic heterocycles. The van der Waals surface area contributed by atoms with E-state index in [4.69, 9.17) is 11.6 Å². The molecule has 0 spiro atoms. The standard InChI is InChI=1S/C26H23ClF3N3O6/c27-18-6-2-1-4-15(18)13-33-20-7-3-5-17(20)23(36)22(24(33)37)32-25(38)31-19(12-21(34)35)14-8-10-16(11-9-14)39-26(28,29)30/h1-2,4,6,8-11,19,36H,3,5,7,12-13H2,(H,34,35)(H2,31,32,38)/t19-/m0/s1. The molecule has 0 saturated heterocycles. The van der Waals surface area contributed by atoms with Gasteiger partial charge in [0, 0.05) is 16.3 Å². The fourth-order valence-electron chi connectivity index (χ4n) is 4.50. The number of alkyl halides is 3. The average Bonchev–Trinajstić information content (AvgIpc) is 3.34. The molecule has 2 amide bonds. The number of carboxylic acids is 1. The highest BCUT2D eigenvalue weighted by molar-refractivity contribution is 6.31. The van der Waals surface area contributed by atoms with Gasteiger partial charge in [0.25, 0.3) is 5.56 Å². The molecular weight excluding hydrogens is 543 g/mol. The van der Waals surface area contributed by atoms with E-state index in [9.17, 15) is 37.8 Å². The summed E-state index contributed by atoms with van der Waals surface area (Å²) >= 11 is 6.28. The molecule has 0 aliphatic heterocycles. The number of amides is 2. The quantitative estimate of drug-likeness (QED) is 0.305. The van der Waals surface area contributed by atoms with Gasteiger partial charge in [-0.3, -0.25) is 9.59 Å². The minimum Gasteiger partial charge on any atom is -0.505 e. The number of carbonyl (C=O) groups excluding carboxylic acids is 1. The van der Waals surface area contributed by atoms with E-state index in [1.54, 1.807) is 24.3 Å². The van der Waals surface area contributed by atoms with Gasteiger partial charge < -0.3 is 30.2 Å². The van der Waals surface area contributed by atoms with Crippen molar-refractivity contribution in [1.29, 1.82) is 0 Å². The Balaban J connectivity index is 1.60. The van der Waals surface area contributed by atoms with Crippen molar-refractivity contribution in [3.63, 3.8) is 0 Å². The number of nitrogens with zero attached hydrogens (tertiary/aromatic N) is 1.